The Morgan fingerprint density at radius 2 is 1.92 bits per heavy atom. The van der Waals surface area contributed by atoms with Crippen molar-refractivity contribution in [3.8, 4) is 0 Å². The Kier molecular flexibility index (Phi) is 3.98. The van der Waals surface area contributed by atoms with Gasteiger partial charge in [-0.15, -0.1) is 0 Å². The molecule has 13 heavy (non-hydrogen) atoms. The lowest BCUT2D eigenvalue weighted by atomic mass is 9.74. The standard InChI is InChI=1S/C12H23N/c1-10(2)5-6-11-7-12(8-11)9-13(3)4/h5-6,10-12H,7-9H2,1-4H3/b6-5-. The highest BCUT2D eigenvalue weighted by atomic mass is 15.1. The molecule has 0 atom stereocenters. The molecule has 0 bridgehead atoms. The summed E-state index contributed by atoms with van der Waals surface area (Å²) in [6, 6.07) is 0. The van der Waals surface area contributed by atoms with E-state index in [4.69, 9.17) is 0 Å². The fourth-order valence-corrected chi connectivity index (χ4v) is 1.99. The highest BCUT2D eigenvalue weighted by molar-refractivity contribution is 4.97. The van der Waals surface area contributed by atoms with E-state index in [-0.39, 0.29) is 0 Å². The van der Waals surface area contributed by atoms with Crippen LogP contribution in [0.15, 0.2) is 12.2 Å². The molecule has 0 spiro atoms. The molecule has 0 amide bonds. The normalized spacial score (nSPS) is 28.8. The Bertz CT molecular complexity index is 164. The van der Waals surface area contributed by atoms with Crippen LogP contribution < -0.4 is 0 Å². The number of allylic oxidation sites excluding steroid dienone is 2. The lowest BCUT2D eigenvalue weighted by molar-refractivity contribution is 0.183. The second-order valence-electron chi connectivity index (χ2n) is 4.99. The topological polar surface area (TPSA) is 3.24 Å². The summed E-state index contributed by atoms with van der Waals surface area (Å²) in [5.74, 6) is 2.55. The van der Waals surface area contributed by atoms with Crippen LogP contribution in [0, 0.1) is 17.8 Å². The number of rotatable bonds is 4. The SMILES string of the molecule is CC(C)/C=C\C1CC(CN(C)C)C1. The van der Waals surface area contributed by atoms with Gasteiger partial charge in [-0.2, -0.15) is 0 Å². The molecule has 1 rings (SSSR count). The Hall–Kier alpha value is -0.300. The third-order valence-corrected chi connectivity index (χ3v) is 2.66. The van der Waals surface area contributed by atoms with Crippen molar-refractivity contribution in [2.24, 2.45) is 17.8 Å². The number of hydrogen-bond acceptors (Lipinski definition) is 1. The molecule has 1 aliphatic carbocycles. The van der Waals surface area contributed by atoms with Crippen LogP contribution in [0.5, 0.6) is 0 Å². The lowest BCUT2D eigenvalue weighted by Gasteiger charge is -2.35. The molecule has 1 aliphatic rings. The summed E-state index contributed by atoms with van der Waals surface area (Å²) in [4.78, 5) is 2.30. The van der Waals surface area contributed by atoms with Crippen LogP contribution >= 0.6 is 0 Å². The third-order valence-electron chi connectivity index (χ3n) is 2.66. The van der Waals surface area contributed by atoms with Gasteiger partial charge in [0.05, 0.1) is 0 Å². The second kappa shape index (κ2) is 4.80. The molecule has 0 unspecified atom stereocenters. The van der Waals surface area contributed by atoms with Crippen LogP contribution in [0.4, 0.5) is 0 Å². The molecule has 0 saturated heterocycles. The van der Waals surface area contributed by atoms with Crippen molar-refractivity contribution >= 4 is 0 Å². The van der Waals surface area contributed by atoms with Crippen molar-refractivity contribution in [3.63, 3.8) is 0 Å². The van der Waals surface area contributed by atoms with Gasteiger partial charge in [-0.3, -0.25) is 0 Å². The minimum atomic E-state index is 0.716. The highest BCUT2D eigenvalue weighted by Gasteiger charge is 2.26. The fraction of sp³-hybridized carbons (Fsp3) is 0.833. The maximum absolute atomic E-state index is 2.41. The zero-order valence-electron chi connectivity index (χ0n) is 9.46. The third kappa shape index (κ3) is 3.95. The van der Waals surface area contributed by atoms with E-state index in [1.54, 1.807) is 0 Å². The zero-order chi connectivity index (χ0) is 9.84. The van der Waals surface area contributed by atoms with Crippen LogP contribution in [-0.2, 0) is 0 Å². The van der Waals surface area contributed by atoms with Gasteiger partial charge < -0.3 is 4.90 Å². The molecule has 0 radical (unpaired) electrons. The molecule has 1 nitrogen and oxygen atoms in total. The van der Waals surface area contributed by atoms with Gasteiger partial charge in [-0.25, -0.2) is 0 Å². The van der Waals surface area contributed by atoms with Crippen LogP contribution in [0.1, 0.15) is 26.7 Å². The minimum absolute atomic E-state index is 0.716. The summed E-state index contributed by atoms with van der Waals surface area (Å²) >= 11 is 0. The van der Waals surface area contributed by atoms with E-state index in [9.17, 15) is 0 Å². The Labute approximate surface area is 82.8 Å². The van der Waals surface area contributed by atoms with E-state index >= 15 is 0 Å². The molecule has 0 aliphatic heterocycles. The van der Waals surface area contributed by atoms with Crippen LogP contribution in [0.25, 0.3) is 0 Å². The lowest BCUT2D eigenvalue weighted by Crippen LogP contribution is -2.31. The smallest absolute Gasteiger partial charge is 0.000398 e. The predicted octanol–water partition coefficient (Wildman–Crippen LogP) is 2.79. The second-order valence-corrected chi connectivity index (χ2v) is 4.99. The average Bonchev–Trinajstić information content (AvgIpc) is 1.92. The Morgan fingerprint density at radius 1 is 1.31 bits per heavy atom. The molecule has 0 N–H and O–H groups in total. The Morgan fingerprint density at radius 3 is 2.38 bits per heavy atom. The summed E-state index contributed by atoms with van der Waals surface area (Å²) in [6.45, 7) is 5.75. The first-order valence-corrected chi connectivity index (χ1v) is 5.41. The van der Waals surface area contributed by atoms with Gasteiger partial charge in [0.1, 0.15) is 0 Å². The van der Waals surface area contributed by atoms with Crippen molar-refractivity contribution in [3.05, 3.63) is 12.2 Å². The van der Waals surface area contributed by atoms with E-state index in [1.165, 1.54) is 19.4 Å². The number of hydrogen-bond donors (Lipinski definition) is 0. The van der Waals surface area contributed by atoms with Crippen molar-refractivity contribution in [1.82, 2.24) is 4.90 Å². The molecule has 0 aromatic rings. The first kappa shape index (κ1) is 10.8. The molecular formula is C12H23N. The average molecular weight is 181 g/mol. The van der Waals surface area contributed by atoms with E-state index in [0.717, 1.165) is 11.8 Å². The van der Waals surface area contributed by atoms with E-state index in [0.29, 0.717) is 5.92 Å². The largest absolute Gasteiger partial charge is 0.309 e. The van der Waals surface area contributed by atoms with Crippen molar-refractivity contribution in [2.75, 3.05) is 20.6 Å². The van der Waals surface area contributed by atoms with Crippen molar-refractivity contribution in [1.29, 1.82) is 0 Å². The van der Waals surface area contributed by atoms with Gasteiger partial charge in [0.25, 0.3) is 0 Å². The van der Waals surface area contributed by atoms with Gasteiger partial charge in [-0.1, -0.05) is 26.0 Å². The van der Waals surface area contributed by atoms with Crippen LogP contribution in [0.2, 0.25) is 0 Å². The van der Waals surface area contributed by atoms with Crippen molar-refractivity contribution < 1.29 is 0 Å². The van der Waals surface area contributed by atoms with Gasteiger partial charge in [-0.05, 0) is 44.7 Å². The molecule has 0 aromatic carbocycles. The van der Waals surface area contributed by atoms with Gasteiger partial charge >= 0.3 is 0 Å². The first-order valence-electron chi connectivity index (χ1n) is 5.41. The zero-order valence-corrected chi connectivity index (χ0v) is 9.46. The molecule has 0 aromatic heterocycles. The maximum Gasteiger partial charge on any atom is 0.000398 e. The maximum atomic E-state index is 2.41. The van der Waals surface area contributed by atoms with Gasteiger partial charge in [0, 0.05) is 6.54 Å². The van der Waals surface area contributed by atoms with Gasteiger partial charge in [0.2, 0.25) is 0 Å². The molecule has 1 heteroatoms. The number of nitrogens with zero attached hydrogens (tertiary/aromatic N) is 1. The molecule has 1 saturated carbocycles. The van der Waals surface area contributed by atoms with Crippen molar-refractivity contribution in [2.45, 2.75) is 26.7 Å². The molecule has 0 heterocycles. The Balaban J connectivity index is 2.11. The summed E-state index contributed by atoms with van der Waals surface area (Å²) in [5, 5.41) is 0. The van der Waals surface area contributed by atoms with Crippen LogP contribution in [-0.4, -0.2) is 25.5 Å². The van der Waals surface area contributed by atoms with Crippen LogP contribution in [0.3, 0.4) is 0 Å². The molecule has 76 valence electrons. The molecular weight excluding hydrogens is 158 g/mol. The van der Waals surface area contributed by atoms with Gasteiger partial charge in [0.15, 0.2) is 0 Å². The van der Waals surface area contributed by atoms with E-state index in [1.807, 2.05) is 0 Å². The summed E-state index contributed by atoms with van der Waals surface area (Å²) in [5.41, 5.74) is 0. The quantitative estimate of drug-likeness (QED) is 0.603. The summed E-state index contributed by atoms with van der Waals surface area (Å²) in [7, 11) is 4.33. The first-order chi connectivity index (χ1) is 6.08. The minimum Gasteiger partial charge on any atom is -0.309 e. The summed E-state index contributed by atoms with van der Waals surface area (Å²) < 4.78 is 0. The molecule has 1 fully saturated rings. The fourth-order valence-electron chi connectivity index (χ4n) is 1.99. The van der Waals surface area contributed by atoms with E-state index < -0.39 is 0 Å². The monoisotopic (exact) mass is 181 g/mol. The highest BCUT2D eigenvalue weighted by Crippen LogP contribution is 2.35. The predicted molar refractivity (Wildman–Crippen MR) is 58.7 cm³/mol. The summed E-state index contributed by atoms with van der Waals surface area (Å²) in [6.07, 6.45) is 7.57. The van der Waals surface area contributed by atoms with E-state index in [2.05, 4.69) is 45.0 Å².